The fraction of sp³-hybridized carbons (Fsp3) is 0.538. The molecule has 3 nitrogen and oxygen atoms in total. The van der Waals surface area contributed by atoms with Crippen molar-refractivity contribution in [2.45, 2.75) is 24.2 Å². The van der Waals surface area contributed by atoms with Crippen LogP contribution in [0.15, 0.2) is 29.2 Å². The van der Waals surface area contributed by atoms with Gasteiger partial charge in [0.1, 0.15) is 0 Å². The average Bonchev–Trinajstić information content (AvgIpc) is 2.52. The van der Waals surface area contributed by atoms with E-state index in [1.54, 1.807) is 6.07 Å². The summed E-state index contributed by atoms with van der Waals surface area (Å²) in [5, 5.41) is 3.29. The lowest BCUT2D eigenvalue weighted by atomic mass is 9.67. The van der Waals surface area contributed by atoms with E-state index in [0.717, 1.165) is 25.1 Å². The number of benzene rings is 1. The standard InChI is InChI=1S/C13H17NO2S/c1-2-13(8-14-9-13)11-7-17(15,16)12-6-4-3-5-10(11)12/h3-6,11,14H,2,7-9H2,1H3. The van der Waals surface area contributed by atoms with Gasteiger partial charge in [-0.05, 0) is 18.1 Å². The molecule has 1 fully saturated rings. The van der Waals surface area contributed by atoms with Gasteiger partial charge in [0, 0.05) is 24.4 Å². The zero-order valence-corrected chi connectivity index (χ0v) is 10.8. The summed E-state index contributed by atoms with van der Waals surface area (Å²) in [4.78, 5) is 0.560. The second-order valence-electron chi connectivity index (χ2n) is 5.19. The molecule has 1 N–H and O–H groups in total. The maximum Gasteiger partial charge on any atom is 0.179 e. The maximum absolute atomic E-state index is 12.1. The van der Waals surface area contributed by atoms with Gasteiger partial charge in [-0.1, -0.05) is 25.1 Å². The SMILES string of the molecule is CCC1(C2CS(=O)(=O)c3ccccc32)CNC1. The lowest BCUT2D eigenvalue weighted by Crippen LogP contribution is -2.56. The van der Waals surface area contributed by atoms with Crippen LogP contribution in [0.5, 0.6) is 0 Å². The lowest BCUT2D eigenvalue weighted by molar-refractivity contribution is 0.127. The third-order valence-electron chi connectivity index (χ3n) is 4.41. The molecule has 0 aromatic heterocycles. The van der Waals surface area contributed by atoms with Gasteiger partial charge in [0.2, 0.25) is 0 Å². The molecule has 17 heavy (non-hydrogen) atoms. The van der Waals surface area contributed by atoms with E-state index < -0.39 is 9.84 Å². The number of sulfone groups is 1. The summed E-state index contributed by atoms with van der Waals surface area (Å²) in [6, 6.07) is 7.50. The van der Waals surface area contributed by atoms with Crippen molar-refractivity contribution in [1.29, 1.82) is 0 Å². The average molecular weight is 251 g/mol. The first-order chi connectivity index (χ1) is 8.09. The van der Waals surface area contributed by atoms with Crippen LogP contribution in [0.3, 0.4) is 0 Å². The van der Waals surface area contributed by atoms with E-state index in [-0.39, 0.29) is 11.3 Å². The van der Waals surface area contributed by atoms with Gasteiger partial charge in [0.05, 0.1) is 10.6 Å². The number of rotatable bonds is 2. The molecule has 2 aliphatic rings. The van der Waals surface area contributed by atoms with Crippen molar-refractivity contribution in [3.05, 3.63) is 29.8 Å². The summed E-state index contributed by atoms with van der Waals surface area (Å²) in [6.45, 7) is 4.05. The largest absolute Gasteiger partial charge is 0.315 e. The highest BCUT2D eigenvalue weighted by Crippen LogP contribution is 2.49. The van der Waals surface area contributed by atoms with Crippen molar-refractivity contribution < 1.29 is 8.42 Å². The van der Waals surface area contributed by atoms with Gasteiger partial charge in [0.25, 0.3) is 0 Å². The molecule has 3 rings (SSSR count). The summed E-state index contributed by atoms with van der Waals surface area (Å²) >= 11 is 0. The highest BCUT2D eigenvalue weighted by molar-refractivity contribution is 7.91. The van der Waals surface area contributed by atoms with E-state index in [9.17, 15) is 8.42 Å². The van der Waals surface area contributed by atoms with Gasteiger partial charge in [-0.25, -0.2) is 8.42 Å². The van der Waals surface area contributed by atoms with Crippen molar-refractivity contribution in [2.24, 2.45) is 5.41 Å². The summed E-state index contributed by atoms with van der Waals surface area (Å²) in [6.07, 6.45) is 1.04. The zero-order valence-electron chi connectivity index (χ0n) is 9.94. The van der Waals surface area contributed by atoms with Crippen LogP contribution in [0.25, 0.3) is 0 Å². The molecule has 92 valence electrons. The Hall–Kier alpha value is -0.870. The fourth-order valence-electron chi connectivity index (χ4n) is 3.15. The molecular formula is C13H17NO2S. The Labute approximate surface area is 102 Å². The molecule has 1 atom stereocenters. The highest BCUT2D eigenvalue weighted by Gasteiger charge is 2.49. The van der Waals surface area contributed by atoms with Crippen LogP contribution in [0.4, 0.5) is 0 Å². The van der Waals surface area contributed by atoms with E-state index >= 15 is 0 Å². The van der Waals surface area contributed by atoms with E-state index in [1.807, 2.05) is 18.2 Å². The molecule has 0 bridgehead atoms. The Kier molecular flexibility index (Phi) is 2.35. The number of hydrogen-bond donors (Lipinski definition) is 1. The molecular weight excluding hydrogens is 234 g/mol. The van der Waals surface area contributed by atoms with Crippen molar-refractivity contribution in [3.8, 4) is 0 Å². The number of nitrogens with one attached hydrogen (secondary N) is 1. The second-order valence-corrected chi connectivity index (χ2v) is 7.19. The predicted molar refractivity (Wildman–Crippen MR) is 66.8 cm³/mol. The molecule has 2 aliphatic heterocycles. The molecule has 0 aliphatic carbocycles. The molecule has 1 saturated heterocycles. The second kappa shape index (κ2) is 3.56. The van der Waals surface area contributed by atoms with Crippen LogP contribution in [0.1, 0.15) is 24.8 Å². The third-order valence-corrected chi connectivity index (χ3v) is 6.23. The van der Waals surface area contributed by atoms with Gasteiger partial charge in [-0.2, -0.15) is 0 Å². The van der Waals surface area contributed by atoms with E-state index in [4.69, 9.17) is 0 Å². The first-order valence-corrected chi connectivity index (χ1v) is 7.77. The Bertz CT molecular complexity index is 541. The van der Waals surface area contributed by atoms with Crippen LogP contribution in [-0.2, 0) is 9.84 Å². The minimum Gasteiger partial charge on any atom is -0.315 e. The van der Waals surface area contributed by atoms with E-state index in [1.165, 1.54) is 0 Å². The molecule has 1 aromatic rings. The van der Waals surface area contributed by atoms with Crippen LogP contribution in [-0.4, -0.2) is 27.3 Å². The summed E-state index contributed by atoms with van der Waals surface area (Å²) in [7, 11) is -3.05. The first-order valence-electron chi connectivity index (χ1n) is 6.11. The monoisotopic (exact) mass is 251 g/mol. The van der Waals surface area contributed by atoms with Crippen molar-refractivity contribution in [1.82, 2.24) is 5.32 Å². The van der Waals surface area contributed by atoms with Gasteiger partial charge < -0.3 is 5.32 Å². The Morgan fingerprint density at radius 2 is 2.06 bits per heavy atom. The lowest BCUT2D eigenvalue weighted by Gasteiger charge is -2.46. The first kappa shape index (κ1) is 11.2. The normalized spacial score (nSPS) is 28.4. The quantitative estimate of drug-likeness (QED) is 0.867. The van der Waals surface area contributed by atoms with Gasteiger partial charge in [-0.15, -0.1) is 0 Å². The Morgan fingerprint density at radius 3 is 2.65 bits per heavy atom. The molecule has 0 saturated carbocycles. The van der Waals surface area contributed by atoms with E-state index in [2.05, 4.69) is 12.2 Å². The van der Waals surface area contributed by atoms with Crippen LogP contribution in [0.2, 0.25) is 0 Å². The molecule has 1 aromatic carbocycles. The Balaban J connectivity index is 2.11. The molecule has 1 unspecified atom stereocenters. The molecule has 2 heterocycles. The summed E-state index contributed by atoms with van der Waals surface area (Å²) in [5.41, 5.74) is 1.19. The smallest absolute Gasteiger partial charge is 0.179 e. The minimum absolute atomic E-state index is 0.152. The molecule has 0 amide bonds. The van der Waals surface area contributed by atoms with Crippen molar-refractivity contribution >= 4 is 9.84 Å². The van der Waals surface area contributed by atoms with Gasteiger partial charge in [-0.3, -0.25) is 0 Å². The Morgan fingerprint density at radius 1 is 1.35 bits per heavy atom. The van der Waals surface area contributed by atoms with Crippen LogP contribution >= 0.6 is 0 Å². The molecule has 4 heteroatoms. The topological polar surface area (TPSA) is 46.2 Å². The van der Waals surface area contributed by atoms with Crippen molar-refractivity contribution in [3.63, 3.8) is 0 Å². The van der Waals surface area contributed by atoms with Crippen LogP contribution in [0, 0.1) is 5.41 Å². The molecule has 0 spiro atoms. The molecule has 0 radical (unpaired) electrons. The van der Waals surface area contributed by atoms with Crippen LogP contribution < -0.4 is 5.32 Å². The number of fused-ring (bicyclic) bond motifs is 1. The third kappa shape index (κ3) is 1.47. The predicted octanol–water partition coefficient (Wildman–Crippen LogP) is 1.56. The van der Waals surface area contributed by atoms with E-state index in [0.29, 0.717) is 10.6 Å². The maximum atomic E-state index is 12.1. The summed E-state index contributed by atoms with van der Waals surface area (Å²) in [5.74, 6) is 0.469. The number of hydrogen-bond acceptors (Lipinski definition) is 3. The summed E-state index contributed by atoms with van der Waals surface area (Å²) < 4.78 is 24.3. The zero-order chi connectivity index (χ0) is 12.1. The van der Waals surface area contributed by atoms with Gasteiger partial charge in [0.15, 0.2) is 9.84 Å². The highest BCUT2D eigenvalue weighted by atomic mass is 32.2. The van der Waals surface area contributed by atoms with Gasteiger partial charge >= 0.3 is 0 Å². The van der Waals surface area contributed by atoms with Crippen molar-refractivity contribution in [2.75, 3.05) is 18.8 Å². The minimum atomic E-state index is -3.05. The fourth-order valence-corrected chi connectivity index (χ4v) is 5.15.